The van der Waals surface area contributed by atoms with Gasteiger partial charge in [-0.3, -0.25) is 4.90 Å². The summed E-state index contributed by atoms with van der Waals surface area (Å²) in [7, 11) is -2.74. The van der Waals surface area contributed by atoms with Crippen molar-refractivity contribution in [3.8, 4) is 0 Å². The van der Waals surface area contributed by atoms with Crippen LogP contribution in [0.2, 0.25) is 0 Å². The standard InChI is InChI=1S/C26H31N2O2P/c1-3-19-28(20-4-2)21-22-13-11-12-18-25(22)31(27-26(29)30,23-14-7-5-8-15-23)24-16-9-6-10-17-24/h5-18H,3-4,19-21H2,1-2H3,(H,29,30). The maximum atomic E-state index is 12.1. The van der Waals surface area contributed by atoms with Gasteiger partial charge in [0, 0.05) is 22.5 Å². The molecule has 3 rings (SSSR count). The van der Waals surface area contributed by atoms with Crippen molar-refractivity contribution in [3.05, 3.63) is 90.5 Å². The largest absolute Gasteiger partial charge is 0.463 e. The van der Waals surface area contributed by atoms with Crippen molar-refractivity contribution in [2.75, 3.05) is 13.1 Å². The summed E-state index contributed by atoms with van der Waals surface area (Å²) in [5.74, 6) is 0. The zero-order valence-electron chi connectivity index (χ0n) is 18.3. The summed E-state index contributed by atoms with van der Waals surface area (Å²) < 4.78 is 4.49. The maximum Gasteiger partial charge on any atom is 0.430 e. The molecule has 0 saturated carbocycles. The van der Waals surface area contributed by atoms with Crippen molar-refractivity contribution in [2.45, 2.75) is 33.2 Å². The van der Waals surface area contributed by atoms with E-state index >= 15 is 0 Å². The molecule has 1 amide bonds. The smallest absolute Gasteiger partial charge is 0.430 e. The topological polar surface area (TPSA) is 52.9 Å². The van der Waals surface area contributed by atoms with Gasteiger partial charge >= 0.3 is 6.09 Å². The molecule has 162 valence electrons. The maximum absolute atomic E-state index is 12.1. The second-order valence-corrected chi connectivity index (χ2v) is 10.6. The lowest BCUT2D eigenvalue weighted by atomic mass is 10.2. The molecule has 3 aromatic rings. The lowest BCUT2D eigenvalue weighted by molar-refractivity contribution is 0.206. The van der Waals surface area contributed by atoms with Gasteiger partial charge in [0.15, 0.2) is 0 Å². The van der Waals surface area contributed by atoms with E-state index in [9.17, 15) is 9.90 Å². The Kier molecular flexibility index (Phi) is 8.22. The molecule has 0 unspecified atom stereocenters. The number of rotatable bonds is 9. The van der Waals surface area contributed by atoms with Gasteiger partial charge in [-0.15, -0.1) is 0 Å². The SMILES string of the molecule is CCCN(CCC)Cc1ccccc1P(=NC(=O)O)(c1ccccc1)c1ccccc1. The number of amides is 1. The van der Waals surface area contributed by atoms with Gasteiger partial charge in [-0.1, -0.05) is 98.8 Å². The minimum atomic E-state index is -2.74. The first-order chi connectivity index (χ1) is 15.1. The Morgan fingerprint density at radius 1 is 0.806 bits per heavy atom. The van der Waals surface area contributed by atoms with Gasteiger partial charge in [0.1, 0.15) is 0 Å². The monoisotopic (exact) mass is 434 g/mol. The highest BCUT2D eigenvalue weighted by Crippen LogP contribution is 2.47. The van der Waals surface area contributed by atoms with Crippen LogP contribution in [0.1, 0.15) is 32.3 Å². The van der Waals surface area contributed by atoms with Crippen molar-refractivity contribution >= 4 is 29.1 Å². The fourth-order valence-corrected chi connectivity index (χ4v) is 7.64. The van der Waals surface area contributed by atoms with Gasteiger partial charge in [0.05, 0.1) is 7.05 Å². The van der Waals surface area contributed by atoms with E-state index in [0.29, 0.717) is 0 Å². The van der Waals surface area contributed by atoms with Gasteiger partial charge in [-0.25, -0.2) is 4.79 Å². The molecule has 0 heterocycles. The van der Waals surface area contributed by atoms with Crippen LogP contribution in [0.4, 0.5) is 4.79 Å². The van der Waals surface area contributed by atoms with Gasteiger partial charge in [-0.05, 0) is 31.5 Å². The van der Waals surface area contributed by atoms with Crippen LogP contribution in [0.3, 0.4) is 0 Å². The van der Waals surface area contributed by atoms with Crippen LogP contribution < -0.4 is 15.9 Å². The summed E-state index contributed by atoms with van der Waals surface area (Å²) in [4.78, 5) is 14.6. The number of hydrogen-bond acceptors (Lipinski definition) is 2. The second kappa shape index (κ2) is 11.1. The molecule has 0 spiro atoms. The Labute approximate surface area is 185 Å². The first kappa shape index (κ1) is 23.0. The van der Waals surface area contributed by atoms with Crippen LogP contribution in [0.25, 0.3) is 0 Å². The van der Waals surface area contributed by atoms with Gasteiger partial charge in [0.25, 0.3) is 0 Å². The summed E-state index contributed by atoms with van der Waals surface area (Å²) in [6, 6.07) is 28.1. The second-order valence-electron chi connectivity index (χ2n) is 7.59. The van der Waals surface area contributed by atoms with Crippen LogP contribution in [-0.2, 0) is 6.54 Å². The van der Waals surface area contributed by atoms with Crippen molar-refractivity contribution in [1.82, 2.24) is 4.90 Å². The quantitative estimate of drug-likeness (QED) is 0.455. The molecule has 31 heavy (non-hydrogen) atoms. The third-order valence-corrected chi connectivity index (χ3v) is 9.00. The van der Waals surface area contributed by atoms with E-state index < -0.39 is 13.1 Å². The molecule has 0 atom stereocenters. The molecule has 3 aromatic carbocycles. The van der Waals surface area contributed by atoms with E-state index in [1.807, 2.05) is 72.8 Å². The summed E-state index contributed by atoms with van der Waals surface area (Å²) in [6.07, 6.45) is 1.04. The van der Waals surface area contributed by atoms with Crippen LogP contribution in [0, 0.1) is 0 Å². The zero-order chi connectivity index (χ0) is 22.1. The lowest BCUT2D eigenvalue weighted by Crippen LogP contribution is -2.32. The third kappa shape index (κ3) is 5.33. The number of carbonyl (C=O) groups is 1. The fourth-order valence-electron chi connectivity index (χ4n) is 4.12. The number of hydrogen-bond donors (Lipinski definition) is 1. The molecule has 0 aliphatic heterocycles. The summed E-state index contributed by atoms with van der Waals surface area (Å²) in [5, 5.41) is 12.9. The first-order valence-electron chi connectivity index (χ1n) is 10.9. The van der Waals surface area contributed by atoms with Crippen LogP contribution in [0.5, 0.6) is 0 Å². The molecule has 0 aliphatic rings. The van der Waals surface area contributed by atoms with E-state index in [1.165, 1.54) is 0 Å². The normalized spacial score (nSPS) is 11.5. The Morgan fingerprint density at radius 2 is 1.29 bits per heavy atom. The average Bonchev–Trinajstić information content (AvgIpc) is 2.79. The Morgan fingerprint density at radius 3 is 1.77 bits per heavy atom. The molecule has 4 nitrogen and oxygen atoms in total. The highest BCUT2D eigenvalue weighted by atomic mass is 31.2. The van der Waals surface area contributed by atoms with E-state index in [4.69, 9.17) is 0 Å². The van der Waals surface area contributed by atoms with E-state index in [0.717, 1.165) is 54.0 Å². The molecule has 0 radical (unpaired) electrons. The molecule has 1 N–H and O–H groups in total. The molecule has 0 fully saturated rings. The molecule has 0 bridgehead atoms. The Hall–Kier alpha value is -2.68. The van der Waals surface area contributed by atoms with Crippen molar-refractivity contribution < 1.29 is 9.90 Å². The fraction of sp³-hybridized carbons (Fsp3) is 0.269. The van der Waals surface area contributed by atoms with E-state index in [2.05, 4.69) is 35.6 Å². The molecule has 0 aliphatic carbocycles. The third-order valence-electron chi connectivity index (χ3n) is 5.31. The number of benzene rings is 3. The molecule has 0 aromatic heterocycles. The first-order valence-corrected chi connectivity index (χ1v) is 12.6. The number of carboxylic acid groups (broad SMARTS) is 1. The summed E-state index contributed by atoms with van der Waals surface area (Å²) in [6.45, 7) is 7.20. The molecule has 0 saturated heterocycles. The Bertz CT molecular complexity index is 986. The molecular formula is C26H31N2O2P. The predicted molar refractivity (Wildman–Crippen MR) is 131 cm³/mol. The average molecular weight is 435 g/mol. The van der Waals surface area contributed by atoms with Crippen LogP contribution in [-0.4, -0.2) is 29.2 Å². The van der Waals surface area contributed by atoms with E-state index in [1.54, 1.807) is 0 Å². The summed E-state index contributed by atoms with van der Waals surface area (Å²) in [5.41, 5.74) is 1.15. The number of nitrogens with zero attached hydrogens (tertiary/aromatic N) is 2. The predicted octanol–water partition coefficient (Wildman–Crippen LogP) is 5.46. The van der Waals surface area contributed by atoms with Gasteiger partial charge in [-0.2, -0.15) is 4.74 Å². The zero-order valence-corrected chi connectivity index (χ0v) is 19.2. The minimum Gasteiger partial charge on any atom is -0.463 e. The van der Waals surface area contributed by atoms with Gasteiger partial charge in [0.2, 0.25) is 0 Å². The van der Waals surface area contributed by atoms with Crippen molar-refractivity contribution in [2.24, 2.45) is 4.74 Å². The van der Waals surface area contributed by atoms with Crippen molar-refractivity contribution in [1.29, 1.82) is 0 Å². The molecule has 5 heteroatoms. The lowest BCUT2D eigenvalue weighted by Gasteiger charge is -2.30. The highest BCUT2D eigenvalue weighted by molar-refractivity contribution is 7.87. The van der Waals surface area contributed by atoms with Crippen molar-refractivity contribution in [3.63, 3.8) is 0 Å². The highest BCUT2D eigenvalue weighted by Gasteiger charge is 2.31. The minimum absolute atomic E-state index is 0.786. The van der Waals surface area contributed by atoms with Crippen LogP contribution in [0.15, 0.2) is 89.7 Å². The van der Waals surface area contributed by atoms with Crippen LogP contribution >= 0.6 is 7.05 Å². The van der Waals surface area contributed by atoms with E-state index in [-0.39, 0.29) is 0 Å². The van der Waals surface area contributed by atoms with Gasteiger partial charge < -0.3 is 5.11 Å². The summed E-state index contributed by atoms with van der Waals surface area (Å²) >= 11 is 0. The Balaban J connectivity index is 2.31. The molecular weight excluding hydrogens is 403 g/mol.